The summed E-state index contributed by atoms with van der Waals surface area (Å²) >= 11 is 4.06. The number of hydrogen-bond donors (Lipinski definition) is 1. The van der Waals surface area contributed by atoms with Gasteiger partial charge in [0.25, 0.3) is 0 Å². The van der Waals surface area contributed by atoms with Crippen molar-refractivity contribution in [3.05, 3.63) is 29.6 Å². The zero-order valence-electron chi connectivity index (χ0n) is 11.1. The van der Waals surface area contributed by atoms with Crippen LogP contribution in [0.3, 0.4) is 0 Å². The molecule has 1 unspecified atom stereocenters. The van der Waals surface area contributed by atoms with E-state index in [4.69, 9.17) is 0 Å². The van der Waals surface area contributed by atoms with E-state index in [-0.39, 0.29) is 23.4 Å². The zero-order valence-corrected chi connectivity index (χ0v) is 12.0. The number of halogens is 1. The lowest BCUT2D eigenvalue weighted by atomic mass is 9.86. The van der Waals surface area contributed by atoms with Gasteiger partial charge in [-0.2, -0.15) is 12.6 Å². The van der Waals surface area contributed by atoms with Gasteiger partial charge >= 0.3 is 0 Å². The smallest absolute Gasteiger partial charge is 0.247 e. The Labute approximate surface area is 117 Å². The van der Waals surface area contributed by atoms with Crippen molar-refractivity contribution in [1.82, 2.24) is 0 Å². The van der Waals surface area contributed by atoms with Gasteiger partial charge in [0.15, 0.2) is 0 Å². The Morgan fingerprint density at radius 2 is 1.89 bits per heavy atom. The number of carbonyl (C=O) groups excluding carboxylic acids is 2. The standard InChI is InChI=1S/C14H16FNO2S/c1-14(2,3)8-4-9(15)6-10(5-8)16-12(17)7-11(19)13(16)18/h4-6,11,19H,7H2,1-3H3. The van der Waals surface area contributed by atoms with Crippen molar-refractivity contribution in [2.45, 2.75) is 37.9 Å². The summed E-state index contributed by atoms with van der Waals surface area (Å²) in [5.74, 6) is -1.18. The maximum atomic E-state index is 13.7. The molecule has 102 valence electrons. The third kappa shape index (κ3) is 2.66. The molecule has 1 aliphatic heterocycles. The second kappa shape index (κ2) is 4.63. The van der Waals surface area contributed by atoms with Gasteiger partial charge in [-0.1, -0.05) is 20.8 Å². The summed E-state index contributed by atoms with van der Waals surface area (Å²) in [4.78, 5) is 24.7. The fourth-order valence-electron chi connectivity index (χ4n) is 2.02. The number of amides is 2. The van der Waals surface area contributed by atoms with Gasteiger partial charge in [-0.15, -0.1) is 0 Å². The lowest BCUT2D eigenvalue weighted by Crippen LogP contribution is -2.31. The van der Waals surface area contributed by atoms with Crippen LogP contribution >= 0.6 is 12.6 Å². The molecule has 0 aromatic heterocycles. The maximum Gasteiger partial charge on any atom is 0.247 e. The molecule has 0 aliphatic carbocycles. The molecule has 5 heteroatoms. The van der Waals surface area contributed by atoms with Crippen molar-refractivity contribution in [2.24, 2.45) is 0 Å². The molecule has 1 saturated heterocycles. The highest BCUT2D eigenvalue weighted by atomic mass is 32.1. The molecule has 1 fully saturated rings. The molecular weight excluding hydrogens is 265 g/mol. The highest BCUT2D eigenvalue weighted by Gasteiger charge is 2.37. The summed E-state index contributed by atoms with van der Waals surface area (Å²) in [6.07, 6.45) is 0.0588. The lowest BCUT2D eigenvalue weighted by molar-refractivity contribution is -0.121. The maximum absolute atomic E-state index is 13.7. The minimum atomic E-state index is -0.631. The summed E-state index contributed by atoms with van der Waals surface area (Å²) in [6.45, 7) is 5.84. The van der Waals surface area contributed by atoms with Crippen LogP contribution in [0.15, 0.2) is 18.2 Å². The zero-order chi connectivity index (χ0) is 14.4. The topological polar surface area (TPSA) is 37.4 Å². The molecule has 0 saturated carbocycles. The molecular formula is C14H16FNO2S. The summed E-state index contributed by atoms with van der Waals surface area (Å²) in [6, 6.07) is 4.31. The normalized spacial score (nSPS) is 20.3. The second-order valence-electron chi connectivity index (χ2n) is 5.74. The molecule has 1 atom stereocenters. The summed E-state index contributed by atoms with van der Waals surface area (Å²) in [7, 11) is 0. The summed E-state index contributed by atoms with van der Waals surface area (Å²) in [5.41, 5.74) is 0.769. The van der Waals surface area contributed by atoms with Crippen LogP contribution in [0, 0.1) is 5.82 Å². The van der Waals surface area contributed by atoms with Crippen molar-refractivity contribution in [3.63, 3.8) is 0 Å². The minimum Gasteiger partial charge on any atom is -0.274 e. The molecule has 0 spiro atoms. The van der Waals surface area contributed by atoms with Gasteiger partial charge in [0, 0.05) is 6.42 Å². The molecule has 1 heterocycles. The van der Waals surface area contributed by atoms with Gasteiger partial charge in [-0.3, -0.25) is 9.59 Å². The molecule has 1 aromatic carbocycles. The second-order valence-corrected chi connectivity index (χ2v) is 6.36. The predicted octanol–water partition coefficient (Wildman–Crippen LogP) is 2.68. The van der Waals surface area contributed by atoms with Crippen LogP contribution in [0.25, 0.3) is 0 Å². The number of benzene rings is 1. The van der Waals surface area contributed by atoms with Crippen LogP contribution in [0.4, 0.5) is 10.1 Å². The SMILES string of the molecule is CC(C)(C)c1cc(F)cc(N2C(=O)CC(S)C2=O)c1. The van der Waals surface area contributed by atoms with E-state index in [1.54, 1.807) is 6.07 Å². The highest BCUT2D eigenvalue weighted by molar-refractivity contribution is 7.82. The number of hydrogen-bond acceptors (Lipinski definition) is 3. The number of nitrogens with zero attached hydrogens (tertiary/aromatic N) is 1. The Hall–Kier alpha value is -1.36. The number of imide groups is 1. The van der Waals surface area contributed by atoms with Gasteiger partial charge in [-0.05, 0) is 29.2 Å². The largest absolute Gasteiger partial charge is 0.274 e. The predicted molar refractivity (Wildman–Crippen MR) is 75.0 cm³/mol. The fraction of sp³-hybridized carbons (Fsp3) is 0.429. The number of anilines is 1. The first-order chi connectivity index (χ1) is 8.70. The minimum absolute atomic E-state index is 0.0588. The van der Waals surface area contributed by atoms with E-state index >= 15 is 0 Å². The first-order valence-corrected chi connectivity index (χ1v) is 6.58. The van der Waals surface area contributed by atoms with Crippen molar-refractivity contribution in [3.8, 4) is 0 Å². The van der Waals surface area contributed by atoms with Crippen LogP contribution in [0.1, 0.15) is 32.8 Å². The summed E-state index contributed by atoms with van der Waals surface area (Å²) < 4.78 is 13.7. The van der Waals surface area contributed by atoms with E-state index in [9.17, 15) is 14.0 Å². The van der Waals surface area contributed by atoms with Crippen LogP contribution < -0.4 is 4.90 Å². The monoisotopic (exact) mass is 281 g/mol. The molecule has 1 aromatic rings. The van der Waals surface area contributed by atoms with E-state index in [1.165, 1.54) is 12.1 Å². The average Bonchev–Trinajstić information content (AvgIpc) is 2.51. The van der Waals surface area contributed by atoms with Crippen molar-refractivity contribution < 1.29 is 14.0 Å². The average molecular weight is 281 g/mol. The Bertz CT molecular complexity index is 551. The Morgan fingerprint density at radius 3 is 2.37 bits per heavy atom. The quantitative estimate of drug-likeness (QED) is 0.635. The van der Waals surface area contributed by atoms with Crippen LogP contribution in [0.2, 0.25) is 0 Å². The summed E-state index contributed by atoms with van der Waals surface area (Å²) in [5, 5.41) is -0.631. The molecule has 0 bridgehead atoms. The van der Waals surface area contributed by atoms with Crippen LogP contribution in [0.5, 0.6) is 0 Å². The lowest BCUT2D eigenvalue weighted by Gasteiger charge is -2.22. The van der Waals surface area contributed by atoms with Crippen molar-refractivity contribution in [1.29, 1.82) is 0 Å². The first kappa shape index (κ1) is 14.1. The van der Waals surface area contributed by atoms with Gasteiger partial charge in [0.2, 0.25) is 11.8 Å². The van der Waals surface area contributed by atoms with Crippen molar-refractivity contribution >= 4 is 30.1 Å². The Kier molecular flexibility index (Phi) is 3.43. The van der Waals surface area contributed by atoms with Crippen LogP contribution in [-0.4, -0.2) is 17.1 Å². The van der Waals surface area contributed by atoms with Gasteiger partial charge in [0.05, 0.1) is 10.9 Å². The number of thiol groups is 1. The number of rotatable bonds is 1. The molecule has 0 N–H and O–H groups in total. The fourth-order valence-corrected chi connectivity index (χ4v) is 2.30. The molecule has 3 nitrogen and oxygen atoms in total. The van der Waals surface area contributed by atoms with Crippen LogP contribution in [-0.2, 0) is 15.0 Å². The first-order valence-electron chi connectivity index (χ1n) is 6.06. The van der Waals surface area contributed by atoms with Crippen molar-refractivity contribution in [2.75, 3.05) is 4.90 Å². The third-order valence-electron chi connectivity index (χ3n) is 3.13. The molecule has 0 radical (unpaired) electrons. The van der Waals surface area contributed by atoms with E-state index < -0.39 is 17.0 Å². The van der Waals surface area contributed by atoms with E-state index in [0.717, 1.165) is 10.5 Å². The van der Waals surface area contributed by atoms with Gasteiger partial charge < -0.3 is 0 Å². The van der Waals surface area contributed by atoms with E-state index in [0.29, 0.717) is 0 Å². The third-order valence-corrected chi connectivity index (χ3v) is 3.53. The van der Waals surface area contributed by atoms with E-state index in [1.807, 2.05) is 20.8 Å². The van der Waals surface area contributed by atoms with E-state index in [2.05, 4.69) is 12.6 Å². The molecule has 2 rings (SSSR count). The van der Waals surface area contributed by atoms with Gasteiger partial charge in [0.1, 0.15) is 5.82 Å². The Morgan fingerprint density at radius 1 is 1.26 bits per heavy atom. The number of carbonyl (C=O) groups is 2. The molecule has 2 amide bonds. The molecule has 1 aliphatic rings. The highest BCUT2D eigenvalue weighted by Crippen LogP contribution is 2.31. The molecule has 19 heavy (non-hydrogen) atoms. The Balaban J connectivity index is 2.49. The van der Waals surface area contributed by atoms with Gasteiger partial charge in [-0.25, -0.2) is 9.29 Å².